The van der Waals surface area contributed by atoms with Crippen molar-refractivity contribution in [2.24, 2.45) is 12.8 Å². The van der Waals surface area contributed by atoms with Gasteiger partial charge in [0.05, 0.1) is 11.6 Å². The summed E-state index contributed by atoms with van der Waals surface area (Å²) in [5.74, 6) is 1.42. The summed E-state index contributed by atoms with van der Waals surface area (Å²) in [7, 11) is 1.90. The van der Waals surface area contributed by atoms with E-state index in [2.05, 4.69) is 27.6 Å². The van der Waals surface area contributed by atoms with Crippen molar-refractivity contribution < 1.29 is 0 Å². The molecule has 0 unspecified atom stereocenters. The molecular weight excluding hydrogens is 350 g/mol. The molecule has 7 nitrogen and oxygen atoms in total. The van der Waals surface area contributed by atoms with Crippen molar-refractivity contribution >= 4 is 22.8 Å². The Morgan fingerprint density at radius 3 is 2.64 bits per heavy atom. The summed E-state index contributed by atoms with van der Waals surface area (Å²) in [6.45, 7) is 2.85. The fraction of sp³-hybridized carbons (Fsp3) is 0.476. The van der Waals surface area contributed by atoms with Gasteiger partial charge in [0.15, 0.2) is 5.65 Å². The summed E-state index contributed by atoms with van der Waals surface area (Å²) in [6.07, 6.45) is 7.96. The topological polar surface area (TPSA) is 93.7 Å². The average Bonchev–Trinajstić information content (AvgIpc) is 3.08. The molecule has 4 N–H and O–H groups in total. The number of nitrogens with one attached hydrogen (secondary N) is 2. The lowest BCUT2D eigenvalue weighted by atomic mass is 9.83. The van der Waals surface area contributed by atoms with Gasteiger partial charge < -0.3 is 16.4 Å². The van der Waals surface area contributed by atoms with Crippen LogP contribution in [-0.4, -0.2) is 31.8 Å². The van der Waals surface area contributed by atoms with Crippen molar-refractivity contribution in [3.63, 3.8) is 0 Å². The Hall–Kier alpha value is -2.67. The van der Waals surface area contributed by atoms with Gasteiger partial charge in [-0.05, 0) is 25.3 Å². The minimum absolute atomic E-state index is 0.0626. The van der Waals surface area contributed by atoms with Gasteiger partial charge in [-0.15, -0.1) is 0 Å². The van der Waals surface area contributed by atoms with Crippen LogP contribution in [0.4, 0.5) is 11.8 Å². The second kappa shape index (κ2) is 7.75. The molecule has 1 atom stereocenters. The molecular formula is C21H29N7. The van der Waals surface area contributed by atoms with Crippen LogP contribution in [0.25, 0.3) is 11.0 Å². The van der Waals surface area contributed by atoms with E-state index in [1.54, 1.807) is 4.68 Å². The molecule has 148 valence electrons. The van der Waals surface area contributed by atoms with Crippen molar-refractivity contribution in [3.8, 4) is 0 Å². The highest BCUT2D eigenvalue weighted by Crippen LogP contribution is 2.33. The Labute approximate surface area is 165 Å². The lowest BCUT2D eigenvalue weighted by Gasteiger charge is -2.35. The lowest BCUT2D eigenvalue weighted by molar-refractivity contribution is 0.349. The highest BCUT2D eigenvalue weighted by Gasteiger charge is 2.28. The number of aryl methyl sites for hydroxylation is 1. The van der Waals surface area contributed by atoms with Crippen molar-refractivity contribution in [1.29, 1.82) is 0 Å². The number of benzene rings is 1. The number of hydrogen-bond donors (Lipinski definition) is 3. The first-order chi connectivity index (χ1) is 13.5. The largest absolute Gasteiger partial charge is 0.364 e. The summed E-state index contributed by atoms with van der Waals surface area (Å²) in [5, 5.41) is 12.3. The molecule has 4 rings (SSSR count). The van der Waals surface area contributed by atoms with Crippen LogP contribution in [-0.2, 0) is 7.05 Å². The third kappa shape index (κ3) is 3.94. The van der Waals surface area contributed by atoms with E-state index in [0.29, 0.717) is 12.5 Å². The summed E-state index contributed by atoms with van der Waals surface area (Å²) in [4.78, 5) is 9.44. The van der Waals surface area contributed by atoms with Crippen LogP contribution in [0, 0.1) is 0 Å². The fourth-order valence-corrected chi connectivity index (χ4v) is 3.96. The van der Waals surface area contributed by atoms with Gasteiger partial charge in [-0.2, -0.15) is 15.1 Å². The first-order valence-corrected chi connectivity index (χ1v) is 10.1. The minimum atomic E-state index is -0.126. The zero-order valence-corrected chi connectivity index (χ0v) is 16.7. The van der Waals surface area contributed by atoms with Gasteiger partial charge in [-0.3, -0.25) is 4.68 Å². The third-order valence-electron chi connectivity index (χ3n) is 5.68. The molecule has 3 aromatic rings. The molecule has 1 saturated carbocycles. The van der Waals surface area contributed by atoms with Crippen LogP contribution in [0.5, 0.6) is 0 Å². The molecule has 7 heteroatoms. The molecule has 0 spiro atoms. The van der Waals surface area contributed by atoms with E-state index in [1.165, 1.54) is 19.3 Å². The summed E-state index contributed by atoms with van der Waals surface area (Å²) in [5.41, 5.74) is 8.29. The second-order valence-corrected chi connectivity index (χ2v) is 8.05. The van der Waals surface area contributed by atoms with E-state index in [-0.39, 0.29) is 11.6 Å². The number of fused-ring (bicyclic) bond motifs is 1. The molecule has 0 radical (unpaired) electrons. The summed E-state index contributed by atoms with van der Waals surface area (Å²) < 4.78 is 1.79. The fourth-order valence-electron chi connectivity index (χ4n) is 3.96. The SMILES string of the molecule is Cn1ncc2c(NC3(C)CCCCC3)nc(NC[C@H](N)c3ccccc3)nc21. The van der Waals surface area contributed by atoms with Crippen LogP contribution in [0.3, 0.4) is 0 Å². The molecule has 1 fully saturated rings. The van der Waals surface area contributed by atoms with E-state index >= 15 is 0 Å². The van der Waals surface area contributed by atoms with Gasteiger partial charge in [0.1, 0.15) is 5.82 Å². The third-order valence-corrected chi connectivity index (χ3v) is 5.68. The van der Waals surface area contributed by atoms with E-state index < -0.39 is 0 Å². The Kier molecular flexibility index (Phi) is 5.17. The first-order valence-electron chi connectivity index (χ1n) is 10.1. The minimum Gasteiger partial charge on any atom is -0.364 e. The average molecular weight is 380 g/mol. The van der Waals surface area contributed by atoms with Crippen molar-refractivity contribution in [2.75, 3.05) is 17.2 Å². The Morgan fingerprint density at radius 1 is 1.14 bits per heavy atom. The molecule has 1 aliphatic rings. The van der Waals surface area contributed by atoms with E-state index in [0.717, 1.165) is 35.3 Å². The Morgan fingerprint density at radius 2 is 1.89 bits per heavy atom. The van der Waals surface area contributed by atoms with Crippen molar-refractivity contribution in [1.82, 2.24) is 19.7 Å². The van der Waals surface area contributed by atoms with E-state index in [9.17, 15) is 0 Å². The Balaban J connectivity index is 1.57. The number of nitrogens with two attached hydrogens (primary N) is 1. The van der Waals surface area contributed by atoms with Crippen molar-refractivity contribution in [3.05, 3.63) is 42.1 Å². The van der Waals surface area contributed by atoms with Gasteiger partial charge in [0, 0.05) is 25.2 Å². The molecule has 1 aliphatic carbocycles. The second-order valence-electron chi connectivity index (χ2n) is 8.05. The predicted molar refractivity (Wildman–Crippen MR) is 113 cm³/mol. The number of nitrogens with zero attached hydrogens (tertiary/aromatic N) is 4. The smallest absolute Gasteiger partial charge is 0.226 e. The number of anilines is 2. The maximum Gasteiger partial charge on any atom is 0.226 e. The molecule has 28 heavy (non-hydrogen) atoms. The molecule has 1 aromatic carbocycles. The van der Waals surface area contributed by atoms with Gasteiger partial charge in [0.25, 0.3) is 0 Å². The van der Waals surface area contributed by atoms with E-state index in [1.807, 2.05) is 43.6 Å². The number of hydrogen-bond acceptors (Lipinski definition) is 6. The maximum atomic E-state index is 6.32. The molecule has 2 aromatic heterocycles. The number of rotatable bonds is 6. The van der Waals surface area contributed by atoms with Gasteiger partial charge >= 0.3 is 0 Å². The van der Waals surface area contributed by atoms with Crippen LogP contribution in [0.15, 0.2) is 36.5 Å². The van der Waals surface area contributed by atoms with Crippen LogP contribution >= 0.6 is 0 Å². The maximum absolute atomic E-state index is 6.32. The normalized spacial score (nSPS) is 17.4. The van der Waals surface area contributed by atoms with Crippen molar-refractivity contribution in [2.45, 2.75) is 50.6 Å². The van der Waals surface area contributed by atoms with Crippen LogP contribution in [0.2, 0.25) is 0 Å². The summed E-state index contributed by atoms with van der Waals surface area (Å²) in [6, 6.07) is 9.94. The monoisotopic (exact) mass is 379 g/mol. The van der Waals surface area contributed by atoms with Crippen LogP contribution < -0.4 is 16.4 Å². The molecule has 0 saturated heterocycles. The standard InChI is InChI=1S/C21H29N7/c1-21(11-7-4-8-12-21)27-18-16-13-24-28(2)19(16)26-20(25-18)23-14-17(22)15-9-5-3-6-10-15/h3,5-6,9-10,13,17H,4,7-8,11-12,14,22H2,1-2H3,(H2,23,25,26,27)/t17-/m0/s1. The molecule has 0 bridgehead atoms. The van der Waals surface area contributed by atoms with Crippen LogP contribution in [0.1, 0.15) is 50.6 Å². The van der Waals surface area contributed by atoms with Gasteiger partial charge in [-0.1, -0.05) is 49.6 Å². The molecule has 0 amide bonds. The first kappa shape index (κ1) is 18.7. The quantitative estimate of drug-likeness (QED) is 0.606. The molecule has 2 heterocycles. The van der Waals surface area contributed by atoms with E-state index in [4.69, 9.17) is 10.7 Å². The highest BCUT2D eigenvalue weighted by molar-refractivity contribution is 5.87. The number of aromatic nitrogens is 4. The Bertz CT molecular complexity index is 929. The molecule has 0 aliphatic heterocycles. The van der Waals surface area contributed by atoms with Gasteiger partial charge in [0.2, 0.25) is 5.95 Å². The predicted octanol–water partition coefficient (Wildman–Crippen LogP) is 3.61. The zero-order valence-electron chi connectivity index (χ0n) is 16.7. The summed E-state index contributed by atoms with van der Waals surface area (Å²) >= 11 is 0. The van der Waals surface area contributed by atoms with Gasteiger partial charge in [-0.25, -0.2) is 0 Å². The lowest BCUT2D eigenvalue weighted by Crippen LogP contribution is -2.37. The highest BCUT2D eigenvalue weighted by atomic mass is 15.3. The zero-order chi connectivity index (χ0) is 19.6.